The molecule has 0 spiro atoms. The molecule has 1 saturated heterocycles. The lowest BCUT2D eigenvalue weighted by Gasteiger charge is -2.09. The first-order valence-corrected chi connectivity index (χ1v) is 5.23. The Morgan fingerprint density at radius 1 is 1.67 bits per heavy atom. The quantitative estimate of drug-likeness (QED) is 0.634. The van der Waals surface area contributed by atoms with Crippen LogP contribution in [-0.4, -0.2) is 40.4 Å². The molecule has 6 heteroatoms. The summed E-state index contributed by atoms with van der Waals surface area (Å²) in [5.74, 6) is -0.165. The van der Waals surface area contributed by atoms with Gasteiger partial charge in [-0.1, -0.05) is 0 Å². The highest BCUT2D eigenvalue weighted by atomic mass is 16.1. The fraction of sp³-hybridized carbons (Fsp3) is 0.667. The van der Waals surface area contributed by atoms with Crippen LogP contribution in [0.5, 0.6) is 0 Å². The smallest absolute Gasteiger partial charge is 0.273 e. The third-order valence-corrected chi connectivity index (χ3v) is 2.59. The third kappa shape index (κ3) is 2.76. The van der Waals surface area contributed by atoms with Gasteiger partial charge in [-0.2, -0.15) is 15.4 Å². The number of nitrogens with zero attached hydrogens (tertiary/aromatic N) is 2. The monoisotopic (exact) mass is 209 g/mol. The van der Waals surface area contributed by atoms with E-state index in [1.165, 1.54) is 19.0 Å². The van der Waals surface area contributed by atoms with Crippen LogP contribution >= 0.6 is 0 Å². The molecule has 3 N–H and O–H groups in total. The number of rotatable bonds is 4. The SMILES string of the molecule is O=C(NCC[C@H]1CCCN1)c1cn[nH]n1. The van der Waals surface area contributed by atoms with Gasteiger partial charge in [-0.25, -0.2) is 0 Å². The number of hydrogen-bond acceptors (Lipinski definition) is 4. The van der Waals surface area contributed by atoms with Crippen molar-refractivity contribution in [1.82, 2.24) is 26.0 Å². The largest absolute Gasteiger partial charge is 0.351 e. The van der Waals surface area contributed by atoms with Gasteiger partial charge in [0.25, 0.3) is 5.91 Å². The molecule has 1 fully saturated rings. The topological polar surface area (TPSA) is 82.7 Å². The van der Waals surface area contributed by atoms with Crippen molar-refractivity contribution in [2.75, 3.05) is 13.1 Å². The summed E-state index contributed by atoms with van der Waals surface area (Å²) in [6.07, 6.45) is 4.84. The van der Waals surface area contributed by atoms with Crippen molar-refractivity contribution in [3.05, 3.63) is 11.9 Å². The van der Waals surface area contributed by atoms with Crippen LogP contribution in [0.4, 0.5) is 0 Å². The van der Waals surface area contributed by atoms with Gasteiger partial charge in [-0.3, -0.25) is 4.79 Å². The van der Waals surface area contributed by atoms with Gasteiger partial charge in [0.05, 0.1) is 6.20 Å². The third-order valence-electron chi connectivity index (χ3n) is 2.59. The lowest BCUT2D eigenvalue weighted by Crippen LogP contribution is -2.30. The molecule has 15 heavy (non-hydrogen) atoms. The molecule has 0 bridgehead atoms. The minimum absolute atomic E-state index is 0.165. The Bertz CT molecular complexity index is 304. The first-order chi connectivity index (χ1) is 7.36. The highest BCUT2D eigenvalue weighted by Crippen LogP contribution is 2.07. The van der Waals surface area contributed by atoms with Gasteiger partial charge in [0.2, 0.25) is 0 Å². The number of H-pyrrole nitrogens is 1. The second-order valence-electron chi connectivity index (χ2n) is 3.69. The number of carbonyl (C=O) groups excluding carboxylic acids is 1. The lowest BCUT2D eigenvalue weighted by atomic mass is 10.1. The van der Waals surface area contributed by atoms with Crippen molar-refractivity contribution < 1.29 is 4.79 Å². The molecule has 0 radical (unpaired) electrons. The standard InChI is InChI=1S/C9H15N5O/c15-9(8-6-12-14-13-8)11-5-3-7-2-1-4-10-7/h6-7,10H,1-5H2,(H,11,15)(H,12,13,14)/t7-/m1/s1. The Balaban J connectivity index is 1.67. The van der Waals surface area contributed by atoms with E-state index in [4.69, 9.17) is 0 Å². The van der Waals surface area contributed by atoms with E-state index in [9.17, 15) is 4.79 Å². The average Bonchev–Trinajstić information content (AvgIpc) is 2.90. The first-order valence-electron chi connectivity index (χ1n) is 5.23. The van der Waals surface area contributed by atoms with Crippen molar-refractivity contribution in [3.63, 3.8) is 0 Å². The summed E-state index contributed by atoms with van der Waals surface area (Å²) in [5.41, 5.74) is 0.342. The maximum atomic E-state index is 11.4. The summed E-state index contributed by atoms with van der Waals surface area (Å²) in [5, 5.41) is 15.9. The second kappa shape index (κ2) is 4.88. The average molecular weight is 209 g/mol. The molecule has 2 rings (SSSR count). The van der Waals surface area contributed by atoms with Gasteiger partial charge < -0.3 is 10.6 Å². The van der Waals surface area contributed by atoms with Gasteiger partial charge in [0.1, 0.15) is 0 Å². The molecule has 1 aliphatic heterocycles. The van der Waals surface area contributed by atoms with Crippen LogP contribution in [0.2, 0.25) is 0 Å². The van der Waals surface area contributed by atoms with Gasteiger partial charge in [0.15, 0.2) is 5.69 Å². The van der Waals surface area contributed by atoms with Gasteiger partial charge >= 0.3 is 0 Å². The molecular formula is C9H15N5O. The summed E-state index contributed by atoms with van der Waals surface area (Å²) in [6.45, 7) is 1.78. The molecule has 82 valence electrons. The molecule has 1 atom stereocenters. The molecule has 0 aliphatic carbocycles. The van der Waals surface area contributed by atoms with E-state index in [0.717, 1.165) is 13.0 Å². The molecule has 0 saturated carbocycles. The molecule has 0 aromatic carbocycles. The zero-order valence-corrected chi connectivity index (χ0v) is 8.49. The van der Waals surface area contributed by atoms with Crippen LogP contribution in [0.1, 0.15) is 29.8 Å². The summed E-state index contributed by atoms with van der Waals surface area (Å²) >= 11 is 0. The van der Waals surface area contributed by atoms with Crippen LogP contribution in [-0.2, 0) is 0 Å². The van der Waals surface area contributed by atoms with Crippen LogP contribution in [0.15, 0.2) is 6.20 Å². The fourth-order valence-electron chi connectivity index (χ4n) is 1.76. The van der Waals surface area contributed by atoms with Crippen LogP contribution < -0.4 is 10.6 Å². The number of aromatic amines is 1. The zero-order valence-electron chi connectivity index (χ0n) is 8.49. The van der Waals surface area contributed by atoms with E-state index in [-0.39, 0.29) is 5.91 Å². The van der Waals surface area contributed by atoms with Crippen LogP contribution in [0.3, 0.4) is 0 Å². The highest BCUT2D eigenvalue weighted by Gasteiger charge is 2.14. The van der Waals surface area contributed by atoms with E-state index < -0.39 is 0 Å². The summed E-state index contributed by atoms with van der Waals surface area (Å²) in [4.78, 5) is 11.4. The maximum absolute atomic E-state index is 11.4. The predicted molar refractivity (Wildman–Crippen MR) is 54.4 cm³/mol. The minimum Gasteiger partial charge on any atom is -0.351 e. The first kappa shape index (κ1) is 10.1. The van der Waals surface area contributed by atoms with Gasteiger partial charge in [0, 0.05) is 12.6 Å². The Hall–Kier alpha value is -1.43. The number of amides is 1. The molecule has 1 aliphatic rings. The molecule has 1 amide bonds. The number of aromatic nitrogens is 3. The van der Waals surface area contributed by atoms with E-state index in [2.05, 4.69) is 26.0 Å². The normalized spacial score (nSPS) is 20.4. The molecule has 1 aromatic rings. The van der Waals surface area contributed by atoms with Gasteiger partial charge in [-0.15, -0.1) is 0 Å². The summed E-state index contributed by atoms with van der Waals surface area (Å²) in [6, 6.07) is 0.558. The van der Waals surface area contributed by atoms with Crippen LogP contribution in [0, 0.1) is 0 Å². The van der Waals surface area contributed by atoms with Crippen molar-refractivity contribution in [3.8, 4) is 0 Å². The Kier molecular flexibility index (Phi) is 3.29. The van der Waals surface area contributed by atoms with Crippen molar-refractivity contribution in [1.29, 1.82) is 0 Å². The predicted octanol–water partition coefficient (Wildman–Crippen LogP) is -0.323. The number of carbonyl (C=O) groups is 1. The van der Waals surface area contributed by atoms with Crippen molar-refractivity contribution >= 4 is 5.91 Å². The lowest BCUT2D eigenvalue weighted by molar-refractivity contribution is 0.0947. The number of hydrogen-bond donors (Lipinski definition) is 3. The van der Waals surface area contributed by atoms with Crippen molar-refractivity contribution in [2.24, 2.45) is 0 Å². The van der Waals surface area contributed by atoms with E-state index >= 15 is 0 Å². The molecule has 1 aromatic heterocycles. The van der Waals surface area contributed by atoms with E-state index in [1.807, 2.05) is 0 Å². The van der Waals surface area contributed by atoms with E-state index in [1.54, 1.807) is 0 Å². The molecule has 6 nitrogen and oxygen atoms in total. The van der Waals surface area contributed by atoms with Gasteiger partial charge in [-0.05, 0) is 25.8 Å². The summed E-state index contributed by atoms with van der Waals surface area (Å²) in [7, 11) is 0. The Morgan fingerprint density at radius 3 is 3.27 bits per heavy atom. The number of nitrogens with one attached hydrogen (secondary N) is 3. The molecule has 2 heterocycles. The van der Waals surface area contributed by atoms with Crippen molar-refractivity contribution in [2.45, 2.75) is 25.3 Å². The zero-order chi connectivity index (χ0) is 10.5. The Morgan fingerprint density at radius 2 is 2.60 bits per heavy atom. The summed E-state index contributed by atoms with van der Waals surface area (Å²) < 4.78 is 0. The maximum Gasteiger partial charge on any atom is 0.273 e. The Labute approximate surface area is 87.8 Å². The second-order valence-corrected chi connectivity index (χ2v) is 3.69. The highest BCUT2D eigenvalue weighted by molar-refractivity contribution is 5.91. The van der Waals surface area contributed by atoms with Crippen LogP contribution in [0.25, 0.3) is 0 Å². The minimum atomic E-state index is -0.165. The molecule has 0 unspecified atom stereocenters. The fourth-order valence-corrected chi connectivity index (χ4v) is 1.76. The van der Waals surface area contributed by atoms with E-state index in [0.29, 0.717) is 18.3 Å². The molecular weight excluding hydrogens is 194 g/mol.